The second-order valence-corrected chi connectivity index (χ2v) is 2.94. The summed E-state index contributed by atoms with van der Waals surface area (Å²) in [6.07, 6.45) is -0.460. The Morgan fingerprint density at radius 3 is 2.73 bits per heavy atom. The molecule has 1 aromatic heterocycles. The summed E-state index contributed by atoms with van der Waals surface area (Å²) in [5.41, 5.74) is 0.662. The van der Waals surface area contributed by atoms with E-state index in [1.54, 1.807) is 13.0 Å². The van der Waals surface area contributed by atoms with Gasteiger partial charge in [-0.15, -0.1) is 0 Å². The molecular weight excluding hydrogens is 200 g/mol. The minimum atomic E-state index is -0.460. The fourth-order valence-electron chi connectivity index (χ4n) is 0.997. The first kappa shape index (κ1) is 11.7. The van der Waals surface area contributed by atoms with Crippen LogP contribution in [0.25, 0.3) is 0 Å². The number of nitrogens with one attached hydrogen (secondary N) is 1. The number of amides is 1. The van der Waals surface area contributed by atoms with Gasteiger partial charge < -0.3 is 19.3 Å². The molecule has 84 valence electrons. The van der Waals surface area contributed by atoms with Gasteiger partial charge >= 0.3 is 0 Å². The van der Waals surface area contributed by atoms with Gasteiger partial charge in [-0.3, -0.25) is 4.79 Å². The van der Waals surface area contributed by atoms with Gasteiger partial charge in [0.1, 0.15) is 0 Å². The molecule has 0 aliphatic heterocycles. The number of hydrogen-bond acceptors (Lipinski definition) is 5. The number of hydrogen-bond donors (Lipinski definition) is 1. The summed E-state index contributed by atoms with van der Waals surface area (Å²) in [7, 11) is 3.00. The second kappa shape index (κ2) is 5.47. The maximum Gasteiger partial charge on any atom is 0.290 e. The average molecular weight is 214 g/mol. The van der Waals surface area contributed by atoms with Crippen molar-refractivity contribution in [3.05, 3.63) is 17.5 Å². The molecule has 0 radical (unpaired) electrons. The van der Waals surface area contributed by atoms with Crippen molar-refractivity contribution in [2.75, 3.05) is 20.8 Å². The number of aryl methyl sites for hydroxylation is 1. The molecule has 15 heavy (non-hydrogen) atoms. The van der Waals surface area contributed by atoms with E-state index in [1.807, 2.05) is 0 Å². The molecule has 0 atom stereocenters. The summed E-state index contributed by atoms with van der Waals surface area (Å²) in [6, 6.07) is 1.56. The van der Waals surface area contributed by atoms with E-state index < -0.39 is 6.29 Å². The normalized spacial score (nSPS) is 10.7. The Morgan fingerprint density at radius 2 is 2.27 bits per heavy atom. The topological polar surface area (TPSA) is 73.6 Å². The summed E-state index contributed by atoms with van der Waals surface area (Å²) < 4.78 is 14.6. The second-order valence-electron chi connectivity index (χ2n) is 2.94. The number of aromatic nitrogens is 1. The summed E-state index contributed by atoms with van der Waals surface area (Å²) in [5.74, 6) is -0.159. The standard InChI is InChI=1S/C9H14N2O4/c1-6-4-7(15-11-6)9(12)10-5-8(13-2)14-3/h4,8H,5H2,1-3H3,(H,10,12). The first-order chi connectivity index (χ1) is 7.17. The van der Waals surface area contributed by atoms with Crippen molar-refractivity contribution >= 4 is 5.91 Å². The molecule has 0 saturated carbocycles. The molecule has 0 fully saturated rings. The molecule has 1 aromatic rings. The van der Waals surface area contributed by atoms with E-state index in [1.165, 1.54) is 14.2 Å². The summed E-state index contributed by atoms with van der Waals surface area (Å²) in [5, 5.41) is 6.20. The zero-order valence-electron chi connectivity index (χ0n) is 8.94. The van der Waals surface area contributed by atoms with Crippen LogP contribution in [0.1, 0.15) is 16.2 Å². The van der Waals surface area contributed by atoms with Crippen LogP contribution < -0.4 is 5.32 Å². The van der Waals surface area contributed by atoms with E-state index in [-0.39, 0.29) is 18.2 Å². The van der Waals surface area contributed by atoms with Crippen LogP contribution in [0, 0.1) is 6.92 Å². The van der Waals surface area contributed by atoms with E-state index in [2.05, 4.69) is 10.5 Å². The van der Waals surface area contributed by atoms with Crippen molar-refractivity contribution in [3.63, 3.8) is 0 Å². The van der Waals surface area contributed by atoms with Gasteiger partial charge in [0, 0.05) is 20.3 Å². The van der Waals surface area contributed by atoms with Crippen LogP contribution in [0.2, 0.25) is 0 Å². The van der Waals surface area contributed by atoms with E-state index in [0.29, 0.717) is 5.69 Å². The molecule has 0 aliphatic rings. The molecule has 6 heteroatoms. The van der Waals surface area contributed by atoms with E-state index >= 15 is 0 Å². The predicted molar refractivity (Wildman–Crippen MR) is 51.4 cm³/mol. The van der Waals surface area contributed by atoms with Crippen molar-refractivity contribution in [1.29, 1.82) is 0 Å². The number of carbonyl (C=O) groups excluding carboxylic acids is 1. The Kier molecular flexibility index (Phi) is 4.26. The van der Waals surface area contributed by atoms with E-state index in [0.717, 1.165) is 0 Å². The minimum Gasteiger partial charge on any atom is -0.354 e. The van der Waals surface area contributed by atoms with Crippen LogP contribution >= 0.6 is 0 Å². The number of nitrogens with zero attached hydrogens (tertiary/aromatic N) is 1. The van der Waals surface area contributed by atoms with Crippen LogP contribution in [0.15, 0.2) is 10.6 Å². The van der Waals surface area contributed by atoms with Crippen LogP contribution in [-0.4, -0.2) is 38.1 Å². The van der Waals surface area contributed by atoms with Gasteiger partial charge in [0.2, 0.25) is 5.76 Å². The van der Waals surface area contributed by atoms with Gasteiger partial charge in [-0.1, -0.05) is 5.16 Å². The molecule has 1 rings (SSSR count). The van der Waals surface area contributed by atoms with Crippen molar-refractivity contribution < 1.29 is 18.8 Å². The molecule has 6 nitrogen and oxygen atoms in total. The molecule has 0 saturated heterocycles. The quantitative estimate of drug-likeness (QED) is 0.715. The fourth-order valence-corrected chi connectivity index (χ4v) is 0.997. The van der Waals surface area contributed by atoms with Gasteiger partial charge in [-0.05, 0) is 6.92 Å². The summed E-state index contributed by atoms with van der Waals surface area (Å²) in [6.45, 7) is 2.00. The zero-order valence-corrected chi connectivity index (χ0v) is 8.94. The number of ether oxygens (including phenoxy) is 2. The molecular formula is C9H14N2O4. The highest BCUT2D eigenvalue weighted by Gasteiger charge is 2.13. The van der Waals surface area contributed by atoms with Crippen LogP contribution in [0.3, 0.4) is 0 Å². The lowest BCUT2D eigenvalue weighted by Gasteiger charge is -2.12. The smallest absolute Gasteiger partial charge is 0.290 e. The molecule has 1 heterocycles. The van der Waals surface area contributed by atoms with Crippen molar-refractivity contribution in [1.82, 2.24) is 10.5 Å². The lowest BCUT2D eigenvalue weighted by Crippen LogP contribution is -2.33. The molecule has 1 N–H and O–H groups in total. The summed E-state index contributed by atoms with van der Waals surface area (Å²) in [4.78, 5) is 11.4. The molecule has 0 unspecified atom stereocenters. The third-order valence-electron chi connectivity index (χ3n) is 1.81. The highest BCUT2D eigenvalue weighted by molar-refractivity contribution is 5.91. The Morgan fingerprint density at radius 1 is 1.60 bits per heavy atom. The van der Waals surface area contributed by atoms with Crippen molar-refractivity contribution in [2.24, 2.45) is 0 Å². The van der Waals surface area contributed by atoms with Crippen molar-refractivity contribution in [2.45, 2.75) is 13.2 Å². The number of rotatable bonds is 5. The van der Waals surface area contributed by atoms with Gasteiger partial charge in [-0.25, -0.2) is 0 Å². The largest absolute Gasteiger partial charge is 0.354 e. The van der Waals surface area contributed by atoms with Gasteiger partial charge in [-0.2, -0.15) is 0 Å². The summed E-state index contributed by atoms with van der Waals surface area (Å²) >= 11 is 0. The Hall–Kier alpha value is -1.40. The molecule has 1 amide bonds. The van der Waals surface area contributed by atoms with Crippen LogP contribution in [0.5, 0.6) is 0 Å². The van der Waals surface area contributed by atoms with Gasteiger partial charge in [0.05, 0.1) is 12.2 Å². The van der Waals surface area contributed by atoms with E-state index in [9.17, 15) is 4.79 Å². The van der Waals surface area contributed by atoms with Crippen molar-refractivity contribution in [3.8, 4) is 0 Å². The highest BCUT2D eigenvalue weighted by Crippen LogP contribution is 2.01. The minimum absolute atomic E-state index is 0.179. The molecule has 0 aromatic carbocycles. The Balaban J connectivity index is 2.42. The first-order valence-electron chi connectivity index (χ1n) is 4.44. The lowest BCUT2D eigenvalue weighted by molar-refractivity contribution is -0.0975. The monoisotopic (exact) mass is 214 g/mol. The molecule has 0 aliphatic carbocycles. The third-order valence-corrected chi connectivity index (χ3v) is 1.81. The van der Waals surface area contributed by atoms with Crippen LogP contribution in [-0.2, 0) is 9.47 Å². The lowest BCUT2D eigenvalue weighted by atomic mass is 10.3. The Labute approximate surface area is 87.5 Å². The van der Waals surface area contributed by atoms with Crippen LogP contribution in [0.4, 0.5) is 0 Å². The predicted octanol–water partition coefficient (Wildman–Crippen LogP) is 0.332. The third kappa shape index (κ3) is 3.34. The first-order valence-corrected chi connectivity index (χ1v) is 4.44. The SMILES string of the molecule is COC(CNC(=O)c1cc(C)no1)OC. The van der Waals surface area contributed by atoms with E-state index in [4.69, 9.17) is 14.0 Å². The molecule has 0 spiro atoms. The zero-order chi connectivity index (χ0) is 11.3. The number of methoxy groups -OCH3 is 2. The van der Waals surface area contributed by atoms with Gasteiger partial charge in [0.15, 0.2) is 6.29 Å². The maximum absolute atomic E-state index is 11.4. The average Bonchev–Trinajstić information content (AvgIpc) is 2.66. The van der Waals surface area contributed by atoms with Gasteiger partial charge in [0.25, 0.3) is 5.91 Å². The fraction of sp³-hybridized carbons (Fsp3) is 0.556. The Bertz CT molecular complexity index is 320. The highest BCUT2D eigenvalue weighted by atomic mass is 16.7. The molecule has 0 bridgehead atoms. The maximum atomic E-state index is 11.4. The number of carbonyl (C=O) groups is 1.